The van der Waals surface area contributed by atoms with Gasteiger partial charge in [0.2, 0.25) is 5.95 Å². The summed E-state index contributed by atoms with van der Waals surface area (Å²) in [5.41, 5.74) is 0. The van der Waals surface area contributed by atoms with Gasteiger partial charge < -0.3 is 14.9 Å². The topological polar surface area (TPSA) is 52.5 Å². The van der Waals surface area contributed by atoms with E-state index in [1.54, 1.807) is 0 Å². The van der Waals surface area contributed by atoms with Crippen LogP contribution in [0.4, 0.5) is 11.8 Å². The number of anilines is 2. The normalized spacial score (nSPS) is 39.1. The Hall–Kier alpha value is -1.36. The van der Waals surface area contributed by atoms with Crippen LogP contribution in [0.3, 0.4) is 0 Å². The lowest BCUT2D eigenvalue weighted by Crippen LogP contribution is -2.38. The second-order valence-electron chi connectivity index (χ2n) is 8.01. The van der Waals surface area contributed by atoms with Crippen LogP contribution in [0.1, 0.15) is 32.1 Å². The summed E-state index contributed by atoms with van der Waals surface area (Å²) in [6, 6.07) is 1.98. The number of hydrogen-bond acceptors (Lipinski definition) is 5. The van der Waals surface area contributed by atoms with E-state index >= 15 is 0 Å². The maximum atomic E-state index is 9.75. The highest BCUT2D eigenvalue weighted by molar-refractivity contribution is 5.45. The summed E-state index contributed by atoms with van der Waals surface area (Å²) < 4.78 is 0. The molecule has 3 atom stereocenters. The van der Waals surface area contributed by atoms with Gasteiger partial charge in [-0.2, -0.15) is 4.98 Å². The van der Waals surface area contributed by atoms with E-state index in [1.165, 1.54) is 25.7 Å². The smallest absolute Gasteiger partial charge is 0.227 e. The minimum Gasteiger partial charge on any atom is -0.391 e. The lowest BCUT2D eigenvalue weighted by Gasteiger charge is -2.44. The van der Waals surface area contributed by atoms with Crippen molar-refractivity contribution in [3.8, 4) is 0 Å². The molecule has 5 nitrogen and oxygen atoms in total. The molecule has 5 aliphatic rings. The molecular weight excluding hydrogens is 288 g/mol. The zero-order chi connectivity index (χ0) is 15.4. The minimum absolute atomic E-state index is 0.210. The second kappa shape index (κ2) is 5.33. The Morgan fingerprint density at radius 3 is 2.22 bits per heavy atom. The molecule has 0 aromatic carbocycles. The van der Waals surface area contributed by atoms with Gasteiger partial charge in [-0.05, 0) is 61.8 Å². The first-order valence-electron chi connectivity index (χ1n) is 9.29. The maximum Gasteiger partial charge on any atom is 0.227 e. The molecule has 124 valence electrons. The Morgan fingerprint density at radius 1 is 0.913 bits per heavy atom. The Morgan fingerprint density at radius 2 is 1.61 bits per heavy atom. The third kappa shape index (κ3) is 2.32. The number of aromatic nitrogens is 2. The Labute approximate surface area is 137 Å². The van der Waals surface area contributed by atoms with Crippen LogP contribution in [0.15, 0.2) is 12.3 Å². The first-order chi connectivity index (χ1) is 11.3. The van der Waals surface area contributed by atoms with Crippen molar-refractivity contribution in [1.29, 1.82) is 0 Å². The Bertz CT molecular complexity index is 566. The van der Waals surface area contributed by atoms with Crippen molar-refractivity contribution in [2.75, 3.05) is 36.0 Å². The molecule has 23 heavy (non-hydrogen) atoms. The quantitative estimate of drug-likeness (QED) is 0.904. The summed E-state index contributed by atoms with van der Waals surface area (Å²) >= 11 is 0. The summed E-state index contributed by atoms with van der Waals surface area (Å²) in [7, 11) is 0. The molecule has 1 unspecified atom stereocenters. The average Bonchev–Trinajstić information content (AvgIpc) is 3.23. The standard InChI is InChI=1S/C18H26N4O/c23-14-6-8-21(9-14)17-5-7-19-18(20-17)22-10-15-12-1-2-13(4-3-12)16(15)11-22/h5,7,12-16,23H,1-4,6,8-11H2/t12?,13?,14?,15-,16+. The van der Waals surface area contributed by atoms with Crippen molar-refractivity contribution in [2.24, 2.45) is 23.7 Å². The molecule has 1 aromatic rings. The number of β-amino-alcohol motifs (C(OH)–C–C–N with tert-alkyl or cyclic N) is 1. The van der Waals surface area contributed by atoms with Crippen molar-refractivity contribution in [2.45, 2.75) is 38.2 Å². The van der Waals surface area contributed by atoms with E-state index in [9.17, 15) is 5.11 Å². The number of fused-ring (bicyclic) bond motifs is 2. The fourth-order valence-corrected chi connectivity index (χ4v) is 5.63. The van der Waals surface area contributed by atoms with Crippen molar-refractivity contribution >= 4 is 11.8 Å². The Balaban J connectivity index is 1.36. The maximum absolute atomic E-state index is 9.75. The zero-order valence-corrected chi connectivity index (χ0v) is 13.6. The van der Waals surface area contributed by atoms with Crippen molar-refractivity contribution in [1.82, 2.24) is 9.97 Å². The van der Waals surface area contributed by atoms with E-state index < -0.39 is 0 Å². The van der Waals surface area contributed by atoms with Gasteiger partial charge in [0.25, 0.3) is 0 Å². The van der Waals surface area contributed by atoms with Crippen LogP contribution in [0.25, 0.3) is 0 Å². The lowest BCUT2D eigenvalue weighted by atomic mass is 9.60. The zero-order valence-electron chi connectivity index (χ0n) is 13.6. The molecule has 3 heterocycles. The van der Waals surface area contributed by atoms with Crippen molar-refractivity contribution in [3.63, 3.8) is 0 Å². The monoisotopic (exact) mass is 314 g/mol. The van der Waals surface area contributed by atoms with E-state index in [1.807, 2.05) is 12.3 Å². The summed E-state index contributed by atoms with van der Waals surface area (Å²) in [4.78, 5) is 14.0. The van der Waals surface area contributed by atoms with Gasteiger partial charge in [-0.15, -0.1) is 0 Å². The van der Waals surface area contributed by atoms with E-state index in [-0.39, 0.29) is 6.10 Å². The highest BCUT2D eigenvalue weighted by atomic mass is 16.3. The fraction of sp³-hybridized carbons (Fsp3) is 0.778. The number of nitrogens with zero attached hydrogens (tertiary/aromatic N) is 4. The number of hydrogen-bond donors (Lipinski definition) is 1. The van der Waals surface area contributed by atoms with Crippen molar-refractivity contribution in [3.05, 3.63) is 12.3 Å². The van der Waals surface area contributed by atoms with Gasteiger partial charge in [0, 0.05) is 32.4 Å². The average molecular weight is 314 g/mol. The van der Waals surface area contributed by atoms with Crippen LogP contribution < -0.4 is 9.80 Å². The number of aliphatic hydroxyl groups is 1. The van der Waals surface area contributed by atoms with Gasteiger partial charge in [0.05, 0.1) is 6.10 Å². The fourth-order valence-electron chi connectivity index (χ4n) is 5.63. The molecular formula is C18H26N4O. The molecule has 5 fully saturated rings. The molecule has 2 bridgehead atoms. The largest absolute Gasteiger partial charge is 0.391 e. The summed E-state index contributed by atoms with van der Waals surface area (Å²) in [5, 5.41) is 9.75. The third-order valence-electron chi connectivity index (χ3n) is 6.84. The van der Waals surface area contributed by atoms with Gasteiger partial charge in [-0.1, -0.05) is 0 Å². The molecule has 2 aliphatic heterocycles. The molecule has 1 aromatic heterocycles. The molecule has 2 saturated heterocycles. The second-order valence-corrected chi connectivity index (χ2v) is 8.01. The molecule has 1 N–H and O–H groups in total. The highest BCUT2D eigenvalue weighted by Gasteiger charge is 2.48. The molecule has 5 heteroatoms. The SMILES string of the molecule is OC1CCN(c2ccnc(N3C[C@@H]4C5CCC(CC5)[C@@H]4C3)n2)C1. The van der Waals surface area contributed by atoms with Gasteiger partial charge in [0.1, 0.15) is 5.82 Å². The molecule has 3 aliphatic carbocycles. The predicted molar refractivity (Wildman–Crippen MR) is 89.5 cm³/mol. The van der Waals surface area contributed by atoms with Gasteiger partial charge in [0.15, 0.2) is 0 Å². The first-order valence-corrected chi connectivity index (χ1v) is 9.29. The minimum atomic E-state index is -0.210. The van der Waals surface area contributed by atoms with Gasteiger partial charge >= 0.3 is 0 Å². The highest BCUT2D eigenvalue weighted by Crippen LogP contribution is 2.52. The van der Waals surface area contributed by atoms with E-state index in [2.05, 4.69) is 14.8 Å². The van der Waals surface area contributed by atoms with Crippen LogP contribution in [0.5, 0.6) is 0 Å². The molecule has 0 spiro atoms. The van der Waals surface area contributed by atoms with Gasteiger partial charge in [-0.3, -0.25) is 0 Å². The molecule has 0 radical (unpaired) electrons. The van der Waals surface area contributed by atoms with Crippen LogP contribution in [-0.4, -0.2) is 47.4 Å². The summed E-state index contributed by atoms with van der Waals surface area (Å²) in [6.45, 7) is 3.90. The number of aliphatic hydroxyl groups excluding tert-OH is 1. The van der Waals surface area contributed by atoms with E-state index in [4.69, 9.17) is 4.98 Å². The number of rotatable bonds is 2. The van der Waals surface area contributed by atoms with Crippen molar-refractivity contribution < 1.29 is 5.11 Å². The van der Waals surface area contributed by atoms with E-state index in [0.29, 0.717) is 6.54 Å². The molecule has 6 rings (SSSR count). The van der Waals surface area contributed by atoms with Gasteiger partial charge in [-0.25, -0.2) is 4.98 Å². The van der Waals surface area contributed by atoms with Crippen LogP contribution in [0.2, 0.25) is 0 Å². The van der Waals surface area contributed by atoms with Crippen LogP contribution in [0, 0.1) is 23.7 Å². The first kappa shape index (κ1) is 14.0. The van der Waals surface area contributed by atoms with E-state index in [0.717, 1.165) is 61.5 Å². The predicted octanol–water partition coefficient (Wildman–Crippen LogP) is 1.92. The summed E-state index contributed by atoms with van der Waals surface area (Å²) in [6.07, 6.45) is 8.32. The molecule has 0 amide bonds. The molecule has 3 saturated carbocycles. The summed E-state index contributed by atoms with van der Waals surface area (Å²) in [5.74, 6) is 5.53. The third-order valence-corrected chi connectivity index (χ3v) is 6.84. The lowest BCUT2D eigenvalue weighted by molar-refractivity contribution is 0.0577. The van der Waals surface area contributed by atoms with Crippen LogP contribution in [-0.2, 0) is 0 Å². The Kier molecular flexibility index (Phi) is 3.25. The van der Waals surface area contributed by atoms with Crippen LogP contribution >= 0.6 is 0 Å².